The molecule has 0 radical (unpaired) electrons. The number of hydrogen-bond donors (Lipinski definition) is 0. The van der Waals surface area contributed by atoms with E-state index in [4.69, 9.17) is 4.42 Å². The summed E-state index contributed by atoms with van der Waals surface area (Å²) in [7, 11) is -3.34. The summed E-state index contributed by atoms with van der Waals surface area (Å²) in [5, 5.41) is 0. The Balaban J connectivity index is 1.63. The Labute approximate surface area is 187 Å². The number of nitrogens with zero attached hydrogens (tertiary/aromatic N) is 1. The van der Waals surface area contributed by atoms with Gasteiger partial charge in [0.1, 0.15) is 17.3 Å². The first-order chi connectivity index (χ1) is 15.5. The molecule has 1 aromatic heterocycles. The molecule has 4 rings (SSSR count). The SMILES string of the molecule is O=C(c1ccccc1F)N(Cc1ccc(-c2cccc(C(F)(F)F)c2)o1)[C@@H]1CCS(=O)(=O)C1. The monoisotopic (exact) mass is 481 g/mol. The third kappa shape index (κ3) is 5.11. The Hall–Kier alpha value is -3.14. The van der Waals surface area contributed by atoms with Crippen LogP contribution in [0.1, 0.15) is 28.1 Å². The van der Waals surface area contributed by atoms with Crippen molar-refractivity contribution in [2.45, 2.75) is 25.2 Å². The van der Waals surface area contributed by atoms with Gasteiger partial charge in [0.05, 0.1) is 29.2 Å². The molecule has 0 aliphatic carbocycles. The summed E-state index contributed by atoms with van der Waals surface area (Å²) in [5.41, 5.74) is -0.830. The number of halogens is 4. The molecule has 0 spiro atoms. The van der Waals surface area contributed by atoms with Gasteiger partial charge in [-0.1, -0.05) is 24.3 Å². The molecule has 1 atom stereocenters. The summed E-state index contributed by atoms with van der Waals surface area (Å²) in [4.78, 5) is 14.4. The van der Waals surface area contributed by atoms with Gasteiger partial charge in [-0.05, 0) is 42.8 Å². The molecular weight excluding hydrogens is 462 g/mol. The standard InChI is InChI=1S/C23H19F4NO4S/c24-20-7-2-1-6-19(20)22(29)28(17-10-11-33(30,31)14-17)13-18-8-9-21(32-18)15-4-3-5-16(12-15)23(25,26)27/h1-9,12,17H,10-11,13-14H2/t17-/m1/s1. The van der Waals surface area contributed by atoms with Gasteiger partial charge in [0.15, 0.2) is 9.84 Å². The van der Waals surface area contributed by atoms with Gasteiger partial charge in [0.2, 0.25) is 0 Å². The van der Waals surface area contributed by atoms with E-state index in [-0.39, 0.29) is 47.1 Å². The predicted octanol–water partition coefficient (Wildman–Crippen LogP) is 4.93. The first-order valence-electron chi connectivity index (χ1n) is 10.1. The average Bonchev–Trinajstić information content (AvgIpc) is 3.37. The van der Waals surface area contributed by atoms with Crippen molar-refractivity contribution in [1.29, 1.82) is 0 Å². The fraction of sp³-hybridized carbons (Fsp3) is 0.261. The van der Waals surface area contributed by atoms with Crippen LogP contribution in [0.2, 0.25) is 0 Å². The van der Waals surface area contributed by atoms with Crippen LogP contribution in [-0.4, -0.2) is 36.8 Å². The highest BCUT2D eigenvalue weighted by Gasteiger charge is 2.36. The van der Waals surface area contributed by atoms with E-state index in [1.165, 1.54) is 47.4 Å². The van der Waals surface area contributed by atoms with Crippen LogP contribution < -0.4 is 0 Å². The van der Waals surface area contributed by atoms with E-state index in [0.717, 1.165) is 18.2 Å². The average molecular weight is 481 g/mol. The van der Waals surface area contributed by atoms with Crippen LogP contribution >= 0.6 is 0 Å². The zero-order valence-electron chi connectivity index (χ0n) is 17.2. The molecule has 33 heavy (non-hydrogen) atoms. The van der Waals surface area contributed by atoms with Crippen molar-refractivity contribution < 1.29 is 35.2 Å². The minimum Gasteiger partial charge on any atom is -0.459 e. The number of rotatable bonds is 5. The molecule has 0 N–H and O–H groups in total. The molecule has 174 valence electrons. The van der Waals surface area contributed by atoms with Crippen LogP contribution in [0.25, 0.3) is 11.3 Å². The van der Waals surface area contributed by atoms with Crippen LogP contribution in [0.5, 0.6) is 0 Å². The minimum absolute atomic E-state index is 0.0909. The molecule has 0 unspecified atom stereocenters. The molecule has 5 nitrogen and oxygen atoms in total. The van der Waals surface area contributed by atoms with Gasteiger partial charge in [0, 0.05) is 11.6 Å². The van der Waals surface area contributed by atoms with Crippen molar-refractivity contribution in [3.05, 3.63) is 83.4 Å². The summed E-state index contributed by atoms with van der Waals surface area (Å²) in [5.74, 6) is -1.38. The first-order valence-corrected chi connectivity index (χ1v) is 11.9. The molecule has 0 bridgehead atoms. The summed E-state index contributed by atoms with van der Waals surface area (Å²) < 4.78 is 83.0. The maximum atomic E-state index is 14.3. The number of carbonyl (C=O) groups excluding carboxylic acids is 1. The molecule has 2 heterocycles. The number of amides is 1. The first kappa shape index (κ1) is 23.0. The fourth-order valence-corrected chi connectivity index (χ4v) is 5.54. The second kappa shape index (κ2) is 8.66. The summed E-state index contributed by atoms with van der Waals surface area (Å²) in [6.45, 7) is -0.160. The van der Waals surface area contributed by atoms with Crippen LogP contribution in [0.3, 0.4) is 0 Å². The van der Waals surface area contributed by atoms with Crippen molar-refractivity contribution >= 4 is 15.7 Å². The number of sulfone groups is 1. The van der Waals surface area contributed by atoms with Crippen LogP contribution in [0, 0.1) is 5.82 Å². The topological polar surface area (TPSA) is 67.6 Å². The van der Waals surface area contributed by atoms with Gasteiger partial charge >= 0.3 is 6.18 Å². The third-order valence-electron chi connectivity index (χ3n) is 5.48. The van der Waals surface area contributed by atoms with Crippen molar-refractivity contribution in [3.8, 4) is 11.3 Å². The predicted molar refractivity (Wildman–Crippen MR) is 112 cm³/mol. The zero-order chi connectivity index (χ0) is 23.8. The van der Waals surface area contributed by atoms with E-state index in [9.17, 15) is 30.8 Å². The zero-order valence-corrected chi connectivity index (χ0v) is 18.0. The van der Waals surface area contributed by atoms with Gasteiger partial charge in [-0.2, -0.15) is 13.2 Å². The van der Waals surface area contributed by atoms with Gasteiger partial charge in [-0.15, -0.1) is 0 Å². The lowest BCUT2D eigenvalue weighted by molar-refractivity contribution is -0.137. The fourth-order valence-electron chi connectivity index (χ4n) is 3.81. The van der Waals surface area contributed by atoms with Crippen LogP contribution in [0.15, 0.2) is 65.1 Å². The molecule has 2 aromatic carbocycles. The lowest BCUT2D eigenvalue weighted by atomic mass is 10.1. The Morgan fingerprint density at radius 1 is 1.06 bits per heavy atom. The van der Waals surface area contributed by atoms with E-state index >= 15 is 0 Å². The van der Waals surface area contributed by atoms with Crippen molar-refractivity contribution in [2.24, 2.45) is 0 Å². The van der Waals surface area contributed by atoms with E-state index in [0.29, 0.717) is 0 Å². The van der Waals surface area contributed by atoms with Crippen molar-refractivity contribution in [1.82, 2.24) is 4.90 Å². The van der Waals surface area contributed by atoms with E-state index < -0.39 is 39.3 Å². The van der Waals surface area contributed by atoms with Crippen LogP contribution in [0.4, 0.5) is 17.6 Å². The van der Waals surface area contributed by atoms with Gasteiger partial charge in [-0.25, -0.2) is 12.8 Å². The van der Waals surface area contributed by atoms with Crippen LogP contribution in [-0.2, 0) is 22.6 Å². The number of benzene rings is 2. The van der Waals surface area contributed by atoms with E-state index in [1.807, 2.05) is 0 Å². The quantitative estimate of drug-likeness (QED) is 0.485. The molecule has 0 saturated carbocycles. The number of carbonyl (C=O) groups is 1. The minimum atomic E-state index is -4.51. The molecule has 1 saturated heterocycles. The maximum absolute atomic E-state index is 14.3. The summed E-state index contributed by atoms with van der Waals surface area (Å²) in [6, 6.07) is 12.3. The molecule has 1 fully saturated rings. The molecule has 1 amide bonds. The largest absolute Gasteiger partial charge is 0.459 e. The third-order valence-corrected chi connectivity index (χ3v) is 7.23. The van der Waals surface area contributed by atoms with Crippen molar-refractivity contribution in [3.63, 3.8) is 0 Å². The highest BCUT2D eigenvalue weighted by molar-refractivity contribution is 7.91. The Morgan fingerprint density at radius 2 is 1.82 bits per heavy atom. The lowest BCUT2D eigenvalue weighted by Crippen LogP contribution is -2.40. The second-order valence-electron chi connectivity index (χ2n) is 7.81. The Morgan fingerprint density at radius 3 is 2.48 bits per heavy atom. The van der Waals surface area contributed by atoms with Gasteiger partial charge < -0.3 is 9.32 Å². The second-order valence-corrected chi connectivity index (χ2v) is 10.0. The normalized spacial score (nSPS) is 17.8. The maximum Gasteiger partial charge on any atom is 0.416 e. The lowest BCUT2D eigenvalue weighted by Gasteiger charge is -2.27. The summed E-state index contributed by atoms with van der Waals surface area (Å²) >= 11 is 0. The Kier molecular flexibility index (Phi) is 6.04. The number of hydrogen-bond acceptors (Lipinski definition) is 4. The molecule has 1 aliphatic heterocycles. The van der Waals surface area contributed by atoms with E-state index in [2.05, 4.69) is 0 Å². The van der Waals surface area contributed by atoms with E-state index in [1.54, 1.807) is 0 Å². The molecular formula is C23H19F4NO4S. The smallest absolute Gasteiger partial charge is 0.416 e. The molecule has 10 heteroatoms. The highest BCUT2D eigenvalue weighted by Crippen LogP contribution is 2.33. The molecule has 3 aromatic rings. The summed E-state index contributed by atoms with van der Waals surface area (Å²) in [6.07, 6.45) is -4.31. The van der Waals surface area contributed by atoms with Crippen molar-refractivity contribution in [2.75, 3.05) is 11.5 Å². The number of alkyl halides is 3. The molecule has 1 aliphatic rings. The van der Waals surface area contributed by atoms with Gasteiger partial charge in [-0.3, -0.25) is 4.79 Å². The highest BCUT2D eigenvalue weighted by atomic mass is 32.2. The Bertz CT molecular complexity index is 1280. The van der Waals surface area contributed by atoms with Gasteiger partial charge in [0.25, 0.3) is 5.91 Å². The number of furan rings is 1.